The number of hydrogen-bond donors (Lipinski definition) is 1. The number of carbonyl (C=O) groups is 1. The summed E-state index contributed by atoms with van der Waals surface area (Å²) in [6.45, 7) is 2.88. The SMILES string of the molecule is CNCCC1CCN(C(=O)COc2ccc3oc4c(c3c2)CCCC4)CC1. The normalized spacial score (nSPS) is 17.9. The number of benzene rings is 1. The summed E-state index contributed by atoms with van der Waals surface area (Å²) < 4.78 is 11.8. The van der Waals surface area contributed by atoms with Crippen LogP contribution in [0.15, 0.2) is 22.6 Å². The highest BCUT2D eigenvalue weighted by atomic mass is 16.5. The summed E-state index contributed by atoms with van der Waals surface area (Å²) in [5.41, 5.74) is 2.26. The highest BCUT2D eigenvalue weighted by Crippen LogP contribution is 2.34. The predicted octanol–water partition coefficient (Wildman–Crippen LogP) is 3.54. The van der Waals surface area contributed by atoms with Crippen molar-refractivity contribution in [1.29, 1.82) is 0 Å². The van der Waals surface area contributed by atoms with E-state index in [9.17, 15) is 4.79 Å². The quantitative estimate of drug-likeness (QED) is 0.845. The molecule has 1 aliphatic carbocycles. The maximum Gasteiger partial charge on any atom is 0.260 e. The van der Waals surface area contributed by atoms with Crippen molar-refractivity contribution >= 4 is 16.9 Å². The maximum atomic E-state index is 12.5. The summed E-state index contributed by atoms with van der Waals surface area (Å²) in [5.74, 6) is 2.72. The molecule has 4 rings (SSSR count). The third-order valence-corrected chi connectivity index (χ3v) is 6.06. The van der Waals surface area contributed by atoms with E-state index in [0.717, 1.165) is 73.7 Å². The van der Waals surface area contributed by atoms with Gasteiger partial charge in [-0.25, -0.2) is 0 Å². The van der Waals surface area contributed by atoms with Crippen molar-refractivity contribution in [3.63, 3.8) is 0 Å². The lowest BCUT2D eigenvalue weighted by molar-refractivity contribution is -0.134. The van der Waals surface area contributed by atoms with Crippen LogP contribution in [0.3, 0.4) is 0 Å². The molecule has 0 saturated carbocycles. The van der Waals surface area contributed by atoms with Crippen molar-refractivity contribution in [2.24, 2.45) is 5.92 Å². The largest absolute Gasteiger partial charge is 0.484 e. The lowest BCUT2D eigenvalue weighted by Gasteiger charge is -2.32. The number of nitrogens with one attached hydrogen (secondary N) is 1. The molecule has 1 aliphatic heterocycles. The minimum absolute atomic E-state index is 0.0939. The number of likely N-dealkylation sites (tertiary alicyclic amines) is 1. The van der Waals surface area contributed by atoms with Crippen LogP contribution < -0.4 is 10.1 Å². The van der Waals surface area contributed by atoms with Crippen molar-refractivity contribution in [2.75, 3.05) is 33.3 Å². The summed E-state index contributed by atoms with van der Waals surface area (Å²) in [6, 6.07) is 5.93. The molecule has 0 bridgehead atoms. The first-order chi connectivity index (χ1) is 13.2. The van der Waals surface area contributed by atoms with Gasteiger partial charge in [0.2, 0.25) is 0 Å². The molecule has 0 unspecified atom stereocenters. The third-order valence-electron chi connectivity index (χ3n) is 6.06. The van der Waals surface area contributed by atoms with E-state index in [2.05, 4.69) is 5.32 Å². The van der Waals surface area contributed by atoms with Crippen LogP contribution in [0.25, 0.3) is 11.0 Å². The Kier molecular flexibility index (Phi) is 5.67. The number of hydrogen-bond acceptors (Lipinski definition) is 4. The molecule has 1 N–H and O–H groups in total. The van der Waals surface area contributed by atoms with Crippen LogP contribution in [0, 0.1) is 5.92 Å². The van der Waals surface area contributed by atoms with Gasteiger partial charge in [0.05, 0.1) is 0 Å². The Balaban J connectivity index is 1.33. The van der Waals surface area contributed by atoms with Gasteiger partial charge in [0, 0.05) is 30.5 Å². The van der Waals surface area contributed by atoms with Gasteiger partial charge in [0.15, 0.2) is 6.61 Å². The van der Waals surface area contributed by atoms with Crippen LogP contribution in [0.2, 0.25) is 0 Å². The molecule has 27 heavy (non-hydrogen) atoms. The fourth-order valence-corrected chi connectivity index (χ4v) is 4.39. The number of fused-ring (bicyclic) bond motifs is 3. The zero-order valence-corrected chi connectivity index (χ0v) is 16.3. The van der Waals surface area contributed by atoms with Gasteiger partial charge in [-0.15, -0.1) is 0 Å². The van der Waals surface area contributed by atoms with Gasteiger partial charge < -0.3 is 19.4 Å². The Hall–Kier alpha value is -2.01. The molecular formula is C22H30N2O3. The molecule has 2 heterocycles. The van der Waals surface area contributed by atoms with E-state index >= 15 is 0 Å². The van der Waals surface area contributed by atoms with Crippen LogP contribution in [-0.4, -0.2) is 44.1 Å². The lowest BCUT2D eigenvalue weighted by atomic mass is 9.93. The number of carbonyl (C=O) groups excluding carboxylic acids is 1. The molecule has 5 nitrogen and oxygen atoms in total. The van der Waals surface area contributed by atoms with Crippen molar-refractivity contribution < 1.29 is 13.9 Å². The van der Waals surface area contributed by atoms with Crippen LogP contribution in [0.1, 0.15) is 43.4 Å². The van der Waals surface area contributed by atoms with Crippen LogP contribution in [0.4, 0.5) is 0 Å². The van der Waals surface area contributed by atoms with Crippen molar-refractivity contribution in [3.8, 4) is 5.75 Å². The Morgan fingerprint density at radius 3 is 2.89 bits per heavy atom. The highest BCUT2D eigenvalue weighted by Gasteiger charge is 2.23. The van der Waals surface area contributed by atoms with Gasteiger partial charge in [-0.1, -0.05) is 0 Å². The molecule has 1 amide bonds. The maximum absolute atomic E-state index is 12.5. The molecule has 2 aromatic rings. The summed E-state index contributed by atoms with van der Waals surface area (Å²) in [6.07, 6.45) is 7.92. The van der Waals surface area contributed by atoms with E-state index in [1.807, 2.05) is 30.1 Å². The van der Waals surface area contributed by atoms with E-state index in [1.54, 1.807) is 0 Å². The van der Waals surface area contributed by atoms with E-state index in [0.29, 0.717) is 0 Å². The fraction of sp³-hybridized carbons (Fsp3) is 0.591. The van der Waals surface area contributed by atoms with Gasteiger partial charge in [0.25, 0.3) is 5.91 Å². The molecule has 1 aromatic heterocycles. The molecule has 1 aromatic carbocycles. The van der Waals surface area contributed by atoms with Gasteiger partial charge in [-0.3, -0.25) is 4.79 Å². The summed E-state index contributed by atoms with van der Waals surface area (Å²) >= 11 is 0. The number of rotatable bonds is 6. The summed E-state index contributed by atoms with van der Waals surface area (Å²) in [4.78, 5) is 14.5. The minimum Gasteiger partial charge on any atom is -0.484 e. The van der Waals surface area contributed by atoms with Crippen molar-refractivity contribution in [3.05, 3.63) is 29.5 Å². The van der Waals surface area contributed by atoms with Crippen molar-refractivity contribution in [2.45, 2.75) is 44.9 Å². The fourth-order valence-electron chi connectivity index (χ4n) is 4.39. The number of piperidine rings is 1. The van der Waals surface area contributed by atoms with Crippen LogP contribution >= 0.6 is 0 Å². The average molecular weight is 370 g/mol. The smallest absolute Gasteiger partial charge is 0.260 e. The highest BCUT2D eigenvalue weighted by molar-refractivity contribution is 5.84. The molecule has 2 aliphatic rings. The van der Waals surface area contributed by atoms with Crippen LogP contribution in [-0.2, 0) is 17.6 Å². The zero-order valence-electron chi connectivity index (χ0n) is 16.3. The lowest BCUT2D eigenvalue weighted by Crippen LogP contribution is -2.41. The molecule has 0 spiro atoms. The van der Waals surface area contributed by atoms with E-state index in [-0.39, 0.29) is 12.5 Å². The summed E-state index contributed by atoms with van der Waals surface area (Å²) in [5, 5.41) is 4.36. The summed E-state index contributed by atoms with van der Waals surface area (Å²) in [7, 11) is 1.99. The second-order valence-corrected chi connectivity index (χ2v) is 7.87. The predicted molar refractivity (Wildman–Crippen MR) is 106 cm³/mol. The van der Waals surface area contributed by atoms with Gasteiger partial charge in [0.1, 0.15) is 17.1 Å². The van der Waals surface area contributed by atoms with E-state index in [4.69, 9.17) is 9.15 Å². The first kappa shape index (κ1) is 18.4. The van der Waals surface area contributed by atoms with E-state index < -0.39 is 0 Å². The van der Waals surface area contributed by atoms with Gasteiger partial charge in [-0.05, 0) is 76.2 Å². The Morgan fingerprint density at radius 2 is 2.07 bits per heavy atom. The second-order valence-electron chi connectivity index (χ2n) is 7.87. The minimum atomic E-state index is 0.0939. The second kappa shape index (κ2) is 8.34. The molecule has 146 valence electrons. The van der Waals surface area contributed by atoms with Crippen molar-refractivity contribution in [1.82, 2.24) is 10.2 Å². The average Bonchev–Trinajstić information content (AvgIpc) is 3.09. The topological polar surface area (TPSA) is 54.7 Å². The monoisotopic (exact) mass is 370 g/mol. The Bertz CT molecular complexity index is 790. The van der Waals surface area contributed by atoms with E-state index in [1.165, 1.54) is 24.8 Å². The number of amides is 1. The van der Waals surface area contributed by atoms with Gasteiger partial charge in [-0.2, -0.15) is 0 Å². The molecule has 0 radical (unpaired) electrons. The third kappa shape index (κ3) is 4.13. The number of furan rings is 1. The molecule has 1 saturated heterocycles. The number of aryl methyl sites for hydroxylation is 2. The molecule has 5 heteroatoms. The molecule has 0 atom stereocenters. The first-order valence-electron chi connectivity index (χ1n) is 10.3. The van der Waals surface area contributed by atoms with Crippen LogP contribution in [0.5, 0.6) is 5.75 Å². The first-order valence-corrected chi connectivity index (χ1v) is 10.3. The molecule has 1 fully saturated rings. The van der Waals surface area contributed by atoms with Gasteiger partial charge >= 0.3 is 0 Å². The number of nitrogens with zero attached hydrogens (tertiary/aromatic N) is 1. The Morgan fingerprint density at radius 1 is 1.26 bits per heavy atom. The zero-order chi connectivity index (χ0) is 18.6. The Labute approximate surface area is 161 Å². The molecular weight excluding hydrogens is 340 g/mol. The standard InChI is InChI=1S/C22H30N2O3/c1-23-11-8-16-9-12-24(13-10-16)22(25)15-26-17-6-7-21-19(14-17)18-4-2-3-5-20(18)27-21/h6-7,14,16,23H,2-5,8-13,15H2,1H3. The number of ether oxygens (including phenoxy) is 1.